The van der Waals surface area contributed by atoms with E-state index in [1.54, 1.807) is 14.0 Å². The van der Waals surface area contributed by atoms with E-state index in [0.29, 0.717) is 5.92 Å². The van der Waals surface area contributed by atoms with Crippen LogP contribution in [-0.2, 0) is 4.74 Å². The maximum atomic E-state index is 11.2. The molecule has 1 unspecified atom stereocenters. The highest BCUT2D eigenvalue weighted by molar-refractivity contribution is 5.94. The average Bonchev–Trinajstić information content (AvgIpc) is 2.78. The Hall–Kier alpha value is -1.35. The molecule has 17 heavy (non-hydrogen) atoms. The predicted octanol–water partition coefficient (Wildman–Crippen LogP) is 2.36. The van der Waals surface area contributed by atoms with E-state index in [9.17, 15) is 4.79 Å². The first-order valence-electron chi connectivity index (χ1n) is 6.05. The largest absolute Gasteiger partial charge is 0.384 e. The van der Waals surface area contributed by atoms with Crippen molar-refractivity contribution in [3.8, 4) is 0 Å². The molecule has 0 spiro atoms. The summed E-state index contributed by atoms with van der Waals surface area (Å²) in [4.78, 5) is 13.5. The third kappa shape index (κ3) is 2.86. The Morgan fingerprint density at radius 3 is 2.71 bits per heavy atom. The Bertz CT molecular complexity index is 386. The summed E-state index contributed by atoms with van der Waals surface area (Å²) in [6, 6.07) is 7.88. The highest BCUT2D eigenvalue weighted by atomic mass is 16.5. The van der Waals surface area contributed by atoms with Gasteiger partial charge in [0.1, 0.15) is 0 Å². The van der Waals surface area contributed by atoms with Crippen molar-refractivity contribution in [1.82, 2.24) is 0 Å². The first-order valence-corrected chi connectivity index (χ1v) is 6.05. The van der Waals surface area contributed by atoms with Gasteiger partial charge in [-0.15, -0.1) is 0 Å². The van der Waals surface area contributed by atoms with E-state index in [1.165, 1.54) is 12.1 Å². The Morgan fingerprint density at radius 2 is 2.12 bits per heavy atom. The lowest BCUT2D eigenvalue weighted by atomic mass is 10.1. The minimum absolute atomic E-state index is 0.121. The number of hydrogen-bond acceptors (Lipinski definition) is 3. The molecule has 1 heterocycles. The Balaban J connectivity index is 2.01. The number of nitrogens with zero attached hydrogens (tertiary/aromatic N) is 1. The van der Waals surface area contributed by atoms with Gasteiger partial charge in [0.25, 0.3) is 0 Å². The zero-order chi connectivity index (χ0) is 12.3. The highest BCUT2D eigenvalue weighted by Crippen LogP contribution is 2.24. The van der Waals surface area contributed by atoms with Crippen LogP contribution in [0, 0.1) is 5.92 Å². The number of carbonyl (C=O) groups is 1. The number of benzene rings is 1. The standard InChI is InChI=1S/C14H19NO2/c1-11(16)13-3-5-14(6-4-13)15-8-7-12(9-15)10-17-2/h3-6,12H,7-10H2,1-2H3. The predicted molar refractivity (Wildman–Crippen MR) is 68.6 cm³/mol. The molecule has 1 aromatic rings. The Kier molecular flexibility index (Phi) is 3.79. The molecule has 0 N–H and O–H groups in total. The summed E-state index contributed by atoms with van der Waals surface area (Å²) in [5.74, 6) is 0.753. The zero-order valence-electron chi connectivity index (χ0n) is 10.5. The van der Waals surface area contributed by atoms with Crippen LogP contribution in [0.5, 0.6) is 0 Å². The van der Waals surface area contributed by atoms with Crippen molar-refractivity contribution in [1.29, 1.82) is 0 Å². The van der Waals surface area contributed by atoms with E-state index in [0.717, 1.165) is 25.3 Å². The van der Waals surface area contributed by atoms with E-state index in [2.05, 4.69) is 4.90 Å². The molecule has 3 nitrogen and oxygen atoms in total. The minimum atomic E-state index is 0.121. The van der Waals surface area contributed by atoms with Crippen LogP contribution < -0.4 is 4.90 Å². The third-order valence-corrected chi connectivity index (χ3v) is 3.33. The highest BCUT2D eigenvalue weighted by Gasteiger charge is 2.22. The van der Waals surface area contributed by atoms with Crippen molar-refractivity contribution in [2.75, 3.05) is 31.7 Å². The zero-order valence-corrected chi connectivity index (χ0v) is 10.5. The van der Waals surface area contributed by atoms with Crippen molar-refractivity contribution >= 4 is 11.5 Å². The van der Waals surface area contributed by atoms with Gasteiger partial charge in [-0.1, -0.05) is 0 Å². The molecule has 0 aliphatic carbocycles. The van der Waals surface area contributed by atoms with Gasteiger partial charge in [-0.2, -0.15) is 0 Å². The number of rotatable bonds is 4. The van der Waals surface area contributed by atoms with E-state index in [-0.39, 0.29) is 5.78 Å². The van der Waals surface area contributed by atoms with Crippen LogP contribution >= 0.6 is 0 Å². The molecule has 1 aliphatic heterocycles. The van der Waals surface area contributed by atoms with Crippen LogP contribution in [0.3, 0.4) is 0 Å². The van der Waals surface area contributed by atoms with Gasteiger partial charge in [0.05, 0.1) is 6.61 Å². The summed E-state index contributed by atoms with van der Waals surface area (Å²) in [6.45, 7) is 4.56. The second-order valence-electron chi connectivity index (χ2n) is 4.66. The van der Waals surface area contributed by atoms with E-state index in [4.69, 9.17) is 4.74 Å². The van der Waals surface area contributed by atoms with Gasteiger partial charge in [0, 0.05) is 37.4 Å². The SMILES string of the molecule is COCC1CCN(c2ccc(C(C)=O)cc2)C1. The van der Waals surface area contributed by atoms with Crippen LogP contribution in [0.2, 0.25) is 0 Å². The molecular weight excluding hydrogens is 214 g/mol. The van der Waals surface area contributed by atoms with Crippen molar-refractivity contribution < 1.29 is 9.53 Å². The lowest BCUT2D eigenvalue weighted by Crippen LogP contribution is -2.20. The molecule has 2 rings (SSSR count). The van der Waals surface area contributed by atoms with Gasteiger partial charge in [-0.25, -0.2) is 0 Å². The normalized spacial score (nSPS) is 19.6. The summed E-state index contributed by atoms with van der Waals surface area (Å²) in [5.41, 5.74) is 1.98. The van der Waals surface area contributed by atoms with E-state index < -0.39 is 0 Å². The van der Waals surface area contributed by atoms with Crippen molar-refractivity contribution in [2.45, 2.75) is 13.3 Å². The van der Waals surface area contributed by atoms with Crippen LogP contribution in [-0.4, -0.2) is 32.6 Å². The van der Waals surface area contributed by atoms with Crippen LogP contribution in [0.15, 0.2) is 24.3 Å². The van der Waals surface area contributed by atoms with Crippen LogP contribution in [0.25, 0.3) is 0 Å². The van der Waals surface area contributed by atoms with Crippen molar-refractivity contribution in [3.63, 3.8) is 0 Å². The lowest BCUT2D eigenvalue weighted by Gasteiger charge is -2.18. The quantitative estimate of drug-likeness (QED) is 0.748. The number of carbonyl (C=O) groups excluding carboxylic acids is 1. The summed E-state index contributed by atoms with van der Waals surface area (Å²) >= 11 is 0. The molecule has 3 heteroatoms. The molecule has 0 amide bonds. The van der Waals surface area contributed by atoms with Crippen molar-refractivity contribution in [3.05, 3.63) is 29.8 Å². The molecule has 0 bridgehead atoms. The van der Waals surface area contributed by atoms with E-state index in [1.807, 2.05) is 24.3 Å². The van der Waals surface area contributed by atoms with Gasteiger partial charge in [-0.05, 0) is 37.6 Å². The first kappa shape index (κ1) is 12.1. The molecule has 1 aromatic carbocycles. The van der Waals surface area contributed by atoms with Gasteiger partial charge in [-0.3, -0.25) is 4.79 Å². The molecule has 0 radical (unpaired) electrons. The van der Waals surface area contributed by atoms with Crippen LogP contribution in [0.1, 0.15) is 23.7 Å². The second-order valence-corrected chi connectivity index (χ2v) is 4.66. The lowest BCUT2D eigenvalue weighted by molar-refractivity contribution is 0.101. The molecule has 0 aromatic heterocycles. The number of anilines is 1. The number of Topliss-reactive ketones (excluding diaryl/α,β-unsaturated/α-hetero) is 1. The number of methoxy groups -OCH3 is 1. The maximum Gasteiger partial charge on any atom is 0.159 e. The molecule has 1 fully saturated rings. The third-order valence-electron chi connectivity index (χ3n) is 3.33. The maximum absolute atomic E-state index is 11.2. The fourth-order valence-corrected chi connectivity index (χ4v) is 2.35. The van der Waals surface area contributed by atoms with Gasteiger partial charge in [0.15, 0.2) is 5.78 Å². The Morgan fingerprint density at radius 1 is 1.41 bits per heavy atom. The monoisotopic (exact) mass is 233 g/mol. The molecule has 0 saturated carbocycles. The summed E-state index contributed by atoms with van der Waals surface area (Å²) in [6.07, 6.45) is 1.18. The molecule has 1 aliphatic rings. The summed E-state index contributed by atoms with van der Waals surface area (Å²) < 4.78 is 5.19. The van der Waals surface area contributed by atoms with Gasteiger partial charge >= 0.3 is 0 Å². The molecule has 92 valence electrons. The fourth-order valence-electron chi connectivity index (χ4n) is 2.35. The Labute approximate surface area is 102 Å². The molecule has 1 saturated heterocycles. The molecule has 1 atom stereocenters. The van der Waals surface area contributed by atoms with Crippen molar-refractivity contribution in [2.24, 2.45) is 5.92 Å². The average molecular weight is 233 g/mol. The van der Waals surface area contributed by atoms with Gasteiger partial charge in [0.2, 0.25) is 0 Å². The first-order chi connectivity index (χ1) is 8.20. The number of ether oxygens (including phenoxy) is 1. The molecular formula is C14H19NO2. The summed E-state index contributed by atoms with van der Waals surface area (Å²) in [5, 5.41) is 0. The number of ketones is 1. The van der Waals surface area contributed by atoms with Crippen LogP contribution in [0.4, 0.5) is 5.69 Å². The second kappa shape index (κ2) is 5.32. The minimum Gasteiger partial charge on any atom is -0.384 e. The van der Waals surface area contributed by atoms with E-state index >= 15 is 0 Å². The van der Waals surface area contributed by atoms with Gasteiger partial charge < -0.3 is 9.64 Å². The fraction of sp³-hybridized carbons (Fsp3) is 0.500. The summed E-state index contributed by atoms with van der Waals surface area (Å²) in [7, 11) is 1.75. The number of hydrogen-bond donors (Lipinski definition) is 0. The smallest absolute Gasteiger partial charge is 0.159 e. The topological polar surface area (TPSA) is 29.5 Å².